The number of anilines is 2. The Kier molecular flexibility index (Phi) is 12.4. The van der Waals surface area contributed by atoms with Crippen molar-refractivity contribution in [3.63, 3.8) is 0 Å². The molecule has 0 bridgehead atoms. The summed E-state index contributed by atoms with van der Waals surface area (Å²) >= 11 is 12.3. The van der Waals surface area contributed by atoms with Crippen LogP contribution in [0, 0.1) is 5.92 Å². The molecule has 2 heterocycles. The van der Waals surface area contributed by atoms with Crippen LogP contribution in [0.3, 0.4) is 0 Å². The van der Waals surface area contributed by atoms with Crippen LogP contribution in [0.25, 0.3) is 0 Å². The lowest BCUT2D eigenvalue weighted by Gasteiger charge is -2.36. The molecule has 0 spiro atoms. The molecule has 0 radical (unpaired) electrons. The van der Waals surface area contributed by atoms with E-state index < -0.39 is 4.93 Å². The van der Waals surface area contributed by atoms with Crippen LogP contribution in [0.2, 0.25) is 5.02 Å². The zero-order valence-corrected chi connectivity index (χ0v) is 25.3. The first-order valence-electron chi connectivity index (χ1n) is 13.4. The summed E-state index contributed by atoms with van der Waals surface area (Å²) < 4.78 is 4.88. The van der Waals surface area contributed by atoms with Crippen molar-refractivity contribution in [2.75, 3.05) is 64.4 Å². The molecule has 0 aliphatic carbocycles. The third-order valence-electron chi connectivity index (χ3n) is 6.95. The number of fused-ring (bicyclic) bond motifs is 2. The Morgan fingerprint density at radius 1 is 1.00 bits per heavy atom. The van der Waals surface area contributed by atoms with Gasteiger partial charge in [-0.1, -0.05) is 49.3 Å². The Hall–Kier alpha value is -0.930. The van der Waals surface area contributed by atoms with E-state index in [1.807, 2.05) is 24.8 Å². The topological polar surface area (TPSA) is 39.2 Å². The van der Waals surface area contributed by atoms with E-state index in [0.29, 0.717) is 6.42 Å². The molecule has 8 heteroatoms. The zero-order chi connectivity index (χ0) is 26.8. The van der Waals surface area contributed by atoms with E-state index in [1.165, 1.54) is 66.9 Å². The number of para-hydroxylation sites is 1. The molecule has 0 saturated carbocycles. The maximum Gasteiger partial charge on any atom is 0.109 e. The van der Waals surface area contributed by atoms with E-state index in [4.69, 9.17) is 21.4 Å². The van der Waals surface area contributed by atoms with Gasteiger partial charge in [0, 0.05) is 67.7 Å². The summed E-state index contributed by atoms with van der Waals surface area (Å²) in [5, 5.41) is 9.22. The van der Waals surface area contributed by atoms with Crippen molar-refractivity contribution in [2.24, 2.45) is 5.92 Å². The second-order valence-corrected chi connectivity index (χ2v) is 12.9. The molecular weight excluding hydrogens is 522 g/mol. The number of piperazine rings is 1. The molecule has 1 fully saturated rings. The fourth-order valence-corrected chi connectivity index (χ4v) is 5.83. The van der Waals surface area contributed by atoms with Gasteiger partial charge < -0.3 is 24.5 Å². The smallest absolute Gasteiger partial charge is 0.109 e. The van der Waals surface area contributed by atoms with Crippen molar-refractivity contribution in [1.29, 1.82) is 0 Å². The lowest BCUT2D eigenvalue weighted by molar-refractivity contribution is 0.0648. The van der Waals surface area contributed by atoms with Gasteiger partial charge in [0.1, 0.15) is 4.93 Å². The minimum atomic E-state index is -0.464. The Labute approximate surface area is 238 Å². The molecule has 4 rings (SSSR count). The lowest BCUT2D eigenvalue weighted by Crippen LogP contribution is -2.47. The van der Waals surface area contributed by atoms with Gasteiger partial charge in [0.25, 0.3) is 0 Å². The van der Waals surface area contributed by atoms with Crippen molar-refractivity contribution in [3.8, 4) is 0 Å². The number of hydrogen-bond donors (Lipinski definition) is 2. The number of benzene rings is 2. The van der Waals surface area contributed by atoms with Gasteiger partial charge in [-0.05, 0) is 69.1 Å². The van der Waals surface area contributed by atoms with Gasteiger partial charge in [-0.3, -0.25) is 0 Å². The molecule has 206 valence electrons. The van der Waals surface area contributed by atoms with Gasteiger partial charge in [-0.15, -0.1) is 12.6 Å². The molecular formula is C29H44ClN3O2S2. The summed E-state index contributed by atoms with van der Waals surface area (Å²) in [5.41, 5.74) is 2.56. The van der Waals surface area contributed by atoms with Crippen molar-refractivity contribution in [1.82, 2.24) is 9.80 Å². The van der Waals surface area contributed by atoms with Crippen molar-refractivity contribution < 1.29 is 9.84 Å². The highest BCUT2D eigenvalue weighted by Crippen LogP contribution is 2.48. The van der Waals surface area contributed by atoms with Gasteiger partial charge in [0.15, 0.2) is 0 Å². The Morgan fingerprint density at radius 3 is 2.27 bits per heavy atom. The molecule has 1 saturated heterocycles. The summed E-state index contributed by atoms with van der Waals surface area (Å²) in [7, 11) is 1.57. The highest BCUT2D eigenvalue weighted by Gasteiger charge is 2.24. The zero-order valence-electron chi connectivity index (χ0n) is 22.8. The van der Waals surface area contributed by atoms with E-state index in [-0.39, 0.29) is 6.61 Å². The largest absolute Gasteiger partial charge is 0.396 e. The van der Waals surface area contributed by atoms with Gasteiger partial charge >= 0.3 is 0 Å². The second kappa shape index (κ2) is 15.0. The maximum absolute atomic E-state index is 8.40. The number of methoxy groups -OCH3 is 1. The van der Waals surface area contributed by atoms with E-state index in [2.05, 4.69) is 77.6 Å². The predicted octanol–water partition coefficient (Wildman–Crippen LogP) is 6.66. The number of halogens is 1. The maximum atomic E-state index is 8.40. The van der Waals surface area contributed by atoms with Crippen molar-refractivity contribution in [3.05, 3.63) is 47.5 Å². The molecule has 2 aromatic rings. The quantitative estimate of drug-likeness (QED) is 0.248. The Morgan fingerprint density at radius 2 is 1.65 bits per heavy atom. The van der Waals surface area contributed by atoms with Gasteiger partial charge in [-0.25, -0.2) is 0 Å². The minimum absolute atomic E-state index is 0.119. The molecule has 5 nitrogen and oxygen atoms in total. The normalized spacial score (nSPS) is 17.6. The number of aliphatic hydroxyl groups is 1. The van der Waals surface area contributed by atoms with Crippen LogP contribution >= 0.6 is 36.0 Å². The number of nitrogens with zero attached hydrogens (tertiary/aromatic N) is 3. The third-order valence-corrected chi connectivity index (χ3v) is 8.72. The first-order valence-corrected chi connectivity index (χ1v) is 15.0. The Balaban J connectivity index is 0.000000414. The van der Waals surface area contributed by atoms with Crippen LogP contribution in [-0.4, -0.2) is 79.4 Å². The first kappa shape index (κ1) is 30.6. The lowest BCUT2D eigenvalue weighted by atomic mass is 10.1. The number of rotatable bonds is 10. The number of hydrogen-bond acceptors (Lipinski definition) is 7. The molecule has 1 unspecified atom stereocenters. The minimum Gasteiger partial charge on any atom is -0.396 e. The summed E-state index contributed by atoms with van der Waals surface area (Å²) in [4.78, 5) is 9.90. The highest BCUT2D eigenvalue weighted by atomic mass is 35.5. The third kappa shape index (κ3) is 9.64. The van der Waals surface area contributed by atoms with Crippen LogP contribution in [-0.2, 0) is 4.74 Å². The molecule has 2 aliphatic rings. The fourth-order valence-electron chi connectivity index (χ4n) is 4.48. The Bertz CT molecular complexity index is 968. The summed E-state index contributed by atoms with van der Waals surface area (Å²) in [5.74, 6) is 0.801. The van der Waals surface area contributed by atoms with Crippen LogP contribution in [0.4, 0.5) is 11.4 Å². The molecule has 2 aliphatic heterocycles. The fraction of sp³-hybridized carbons (Fsp3) is 0.586. The van der Waals surface area contributed by atoms with E-state index in [0.717, 1.165) is 23.9 Å². The molecule has 0 aromatic heterocycles. The van der Waals surface area contributed by atoms with Crippen LogP contribution in [0.1, 0.15) is 40.0 Å². The average molecular weight is 566 g/mol. The number of thiol groups is 1. The number of ether oxygens (including phenoxy) is 1. The molecule has 0 amide bonds. The standard InChI is InChI=1S/C24H32ClN3S.C5H12O2S/c1-19(2)10-13-27-16-14-26(15-17-27)11-5-12-28-21-6-3-4-7-23(21)29-24-9-8-20(25)18-22(24)28;1-5(8,7-2)3-4-6/h3-4,6-9,18-19H,5,10-17H2,1-2H3;6,8H,3-4H2,1-2H3. The van der Waals surface area contributed by atoms with Gasteiger partial charge in [0.05, 0.1) is 11.4 Å². The second-order valence-electron chi connectivity index (χ2n) is 10.4. The summed E-state index contributed by atoms with van der Waals surface area (Å²) in [6.07, 6.45) is 3.04. The van der Waals surface area contributed by atoms with Crippen molar-refractivity contribution in [2.45, 2.75) is 54.8 Å². The van der Waals surface area contributed by atoms with Crippen LogP contribution in [0.15, 0.2) is 52.3 Å². The SMILES string of the molecule is CC(C)CCN1CCN(CCCN2c3ccccc3Sc3ccc(Cl)cc32)CC1.COC(C)(S)CCO. The van der Waals surface area contributed by atoms with Crippen LogP contribution in [0.5, 0.6) is 0 Å². The molecule has 2 aromatic carbocycles. The molecule has 1 N–H and O–H groups in total. The average Bonchev–Trinajstić information content (AvgIpc) is 2.88. The van der Waals surface area contributed by atoms with E-state index in [1.54, 1.807) is 7.11 Å². The van der Waals surface area contributed by atoms with Crippen molar-refractivity contribution >= 4 is 47.4 Å². The summed E-state index contributed by atoms with van der Waals surface area (Å²) in [6, 6.07) is 15.0. The molecule has 1 atom stereocenters. The van der Waals surface area contributed by atoms with Gasteiger partial charge in [0.2, 0.25) is 0 Å². The van der Waals surface area contributed by atoms with Gasteiger partial charge in [-0.2, -0.15) is 0 Å². The monoisotopic (exact) mass is 565 g/mol. The first-order chi connectivity index (χ1) is 17.7. The predicted molar refractivity (Wildman–Crippen MR) is 162 cm³/mol. The molecule has 37 heavy (non-hydrogen) atoms. The summed E-state index contributed by atoms with van der Waals surface area (Å²) in [6.45, 7) is 14.9. The number of aliphatic hydroxyl groups excluding tert-OH is 1. The highest BCUT2D eigenvalue weighted by molar-refractivity contribution is 7.99. The van der Waals surface area contributed by atoms with E-state index >= 15 is 0 Å². The van der Waals surface area contributed by atoms with Crippen LogP contribution < -0.4 is 4.90 Å². The van der Waals surface area contributed by atoms with E-state index in [9.17, 15) is 0 Å².